The summed E-state index contributed by atoms with van der Waals surface area (Å²) < 4.78 is 29.5. The summed E-state index contributed by atoms with van der Waals surface area (Å²) in [6, 6.07) is 17.4. The Labute approximate surface area is 142 Å². The van der Waals surface area contributed by atoms with E-state index < -0.39 is 10.1 Å². The molecule has 0 atom stereocenters. The zero-order valence-electron chi connectivity index (χ0n) is 13.5. The van der Waals surface area contributed by atoms with Gasteiger partial charge < -0.3 is 14.1 Å². The predicted octanol–water partition coefficient (Wildman–Crippen LogP) is 3.48. The Morgan fingerprint density at radius 2 is 1.88 bits per heavy atom. The minimum Gasteiger partial charge on any atom is -0.385 e. The Kier molecular flexibility index (Phi) is 4.76. The lowest BCUT2D eigenvalue weighted by Gasteiger charge is -2.08. The van der Waals surface area contributed by atoms with Gasteiger partial charge in [0.1, 0.15) is 5.75 Å². The molecule has 126 valence electrons. The zero-order valence-corrected chi connectivity index (χ0v) is 14.3. The molecule has 0 radical (unpaired) electrons. The van der Waals surface area contributed by atoms with Crippen molar-refractivity contribution >= 4 is 26.7 Å². The quantitative estimate of drug-likeness (QED) is 0.526. The van der Waals surface area contributed by atoms with E-state index in [0.717, 1.165) is 42.4 Å². The number of nitrogens with zero attached hydrogens (tertiary/aromatic N) is 1. The summed E-state index contributed by atoms with van der Waals surface area (Å²) in [7, 11) is -3.50. The molecule has 0 aliphatic heterocycles. The van der Waals surface area contributed by atoms with Crippen molar-refractivity contribution in [1.82, 2.24) is 4.57 Å². The van der Waals surface area contributed by atoms with Gasteiger partial charge in [-0.15, -0.1) is 0 Å². The highest BCUT2D eigenvalue weighted by Crippen LogP contribution is 2.23. The number of aryl methyl sites for hydroxylation is 1. The van der Waals surface area contributed by atoms with Crippen molar-refractivity contribution in [3.63, 3.8) is 0 Å². The summed E-state index contributed by atoms with van der Waals surface area (Å²) in [5, 5.41) is 4.35. The molecule has 0 saturated carbocycles. The maximum Gasteiger partial charge on any atom is 0.306 e. The topological polar surface area (TPSA) is 60.3 Å². The second-order valence-corrected chi connectivity index (χ2v) is 7.24. The lowest BCUT2D eigenvalue weighted by Crippen LogP contribution is -2.06. The van der Waals surface area contributed by atoms with Crippen LogP contribution in [0.15, 0.2) is 60.8 Å². The van der Waals surface area contributed by atoms with Crippen LogP contribution < -0.4 is 9.50 Å². The fourth-order valence-corrected chi connectivity index (χ4v) is 3.09. The lowest BCUT2D eigenvalue weighted by atomic mass is 10.2. The van der Waals surface area contributed by atoms with E-state index in [2.05, 4.69) is 9.88 Å². The van der Waals surface area contributed by atoms with E-state index in [1.165, 1.54) is 0 Å². The van der Waals surface area contributed by atoms with Crippen molar-refractivity contribution in [2.45, 2.75) is 13.0 Å². The highest BCUT2D eigenvalue weighted by molar-refractivity contribution is 7.86. The van der Waals surface area contributed by atoms with Crippen LogP contribution >= 0.6 is 0 Å². The molecule has 0 spiro atoms. The third-order valence-electron chi connectivity index (χ3n) is 3.67. The van der Waals surface area contributed by atoms with Crippen LogP contribution in [0.2, 0.25) is 0 Å². The molecule has 1 aromatic heterocycles. The third-order valence-corrected chi connectivity index (χ3v) is 4.16. The van der Waals surface area contributed by atoms with Gasteiger partial charge in [-0.2, -0.15) is 8.42 Å². The second-order valence-electron chi connectivity index (χ2n) is 5.66. The molecule has 0 fully saturated rings. The van der Waals surface area contributed by atoms with Crippen LogP contribution in [-0.2, 0) is 16.7 Å². The second kappa shape index (κ2) is 6.97. The van der Waals surface area contributed by atoms with E-state index in [-0.39, 0.29) is 0 Å². The molecule has 2 aromatic carbocycles. The molecular formula is C18H20N2O3S. The summed E-state index contributed by atoms with van der Waals surface area (Å²) in [6.45, 7) is 1.77. The monoisotopic (exact) mass is 344 g/mol. The smallest absolute Gasteiger partial charge is 0.306 e. The lowest BCUT2D eigenvalue weighted by molar-refractivity contribution is 0.493. The van der Waals surface area contributed by atoms with Crippen molar-refractivity contribution in [3.8, 4) is 5.75 Å². The fraction of sp³-hybridized carbons (Fsp3) is 0.222. The molecule has 24 heavy (non-hydrogen) atoms. The summed E-state index contributed by atoms with van der Waals surface area (Å²) >= 11 is 0. The third kappa shape index (κ3) is 4.29. The van der Waals surface area contributed by atoms with Crippen LogP contribution in [0.1, 0.15) is 6.42 Å². The van der Waals surface area contributed by atoms with E-state index >= 15 is 0 Å². The van der Waals surface area contributed by atoms with Crippen molar-refractivity contribution in [1.29, 1.82) is 0 Å². The number of aromatic nitrogens is 1. The summed E-state index contributed by atoms with van der Waals surface area (Å²) in [4.78, 5) is 0. The highest BCUT2D eigenvalue weighted by atomic mass is 32.2. The molecule has 1 heterocycles. The summed E-state index contributed by atoms with van der Waals surface area (Å²) in [5.74, 6) is 0.341. The molecule has 3 aromatic rings. The number of nitrogens with one attached hydrogen (secondary N) is 1. The molecule has 0 aliphatic carbocycles. The molecule has 1 N–H and O–H groups in total. The van der Waals surface area contributed by atoms with Crippen LogP contribution in [0.4, 0.5) is 5.69 Å². The Morgan fingerprint density at radius 3 is 2.62 bits per heavy atom. The molecule has 0 unspecified atom stereocenters. The average molecular weight is 344 g/mol. The van der Waals surface area contributed by atoms with Crippen LogP contribution in [-0.4, -0.2) is 25.8 Å². The van der Waals surface area contributed by atoms with Crippen molar-refractivity contribution in [2.24, 2.45) is 0 Å². The van der Waals surface area contributed by atoms with E-state index in [1.807, 2.05) is 48.7 Å². The Balaban J connectivity index is 1.61. The van der Waals surface area contributed by atoms with E-state index in [9.17, 15) is 8.42 Å². The van der Waals surface area contributed by atoms with Gasteiger partial charge in [-0.05, 0) is 42.8 Å². The summed E-state index contributed by atoms with van der Waals surface area (Å²) in [5.41, 5.74) is 2.19. The first-order chi connectivity index (χ1) is 11.5. The molecule has 0 amide bonds. The minimum absolute atomic E-state index is 0.341. The van der Waals surface area contributed by atoms with Gasteiger partial charge in [-0.3, -0.25) is 0 Å². The van der Waals surface area contributed by atoms with Gasteiger partial charge in [0.15, 0.2) is 0 Å². The SMILES string of the molecule is CS(=O)(=O)Oc1ccc2c(ccn2CCCNc2ccccc2)c1. The Bertz CT molecular complexity index is 918. The normalized spacial score (nSPS) is 11.5. The van der Waals surface area contributed by atoms with Crippen molar-refractivity contribution in [2.75, 3.05) is 18.1 Å². The average Bonchev–Trinajstić information content (AvgIpc) is 2.93. The maximum absolute atomic E-state index is 11.2. The zero-order chi connectivity index (χ0) is 17.0. The molecule has 0 saturated heterocycles. The number of anilines is 1. The van der Waals surface area contributed by atoms with Crippen molar-refractivity contribution < 1.29 is 12.6 Å². The molecule has 3 rings (SSSR count). The van der Waals surface area contributed by atoms with Gasteiger partial charge in [0, 0.05) is 35.9 Å². The van der Waals surface area contributed by atoms with Crippen LogP contribution in [0.5, 0.6) is 5.75 Å². The predicted molar refractivity (Wildman–Crippen MR) is 97.0 cm³/mol. The number of benzene rings is 2. The number of para-hydroxylation sites is 1. The first-order valence-electron chi connectivity index (χ1n) is 7.78. The fourth-order valence-electron chi connectivity index (χ4n) is 2.64. The van der Waals surface area contributed by atoms with Gasteiger partial charge in [-0.25, -0.2) is 0 Å². The van der Waals surface area contributed by atoms with E-state index in [1.54, 1.807) is 12.1 Å². The van der Waals surface area contributed by atoms with Crippen LogP contribution in [0.3, 0.4) is 0 Å². The first kappa shape index (κ1) is 16.4. The molecular weight excluding hydrogens is 324 g/mol. The molecule has 6 heteroatoms. The van der Waals surface area contributed by atoms with E-state index in [4.69, 9.17) is 4.18 Å². The van der Waals surface area contributed by atoms with Gasteiger partial charge in [0.05, 0.1) is 6.26 Å². The van der Waals surface area contributed by atoms with Gasteiger partial charge >= 0.3 is 10.1 Å². The number of hydrogen-bond donors (Lipinski definition) is 1. The Morgan fingerprint density at radius 1 is 1.08 bits per heavy atom. The first-order valence-corrected chi connectivity index (χ1v) is 9.60. The standard InChI is InChI=1S/C18H20N2O3S/c1-24(21,22)23-17-8-9-18-15(14-17)10-13-20(18)12-5-11-19-16-6-3-2-4-7-16/h2-4,6-10,13-14,19H,5,11-12H2,1H3. The Hall–Kier alpha value is -2.47. The largest absolute Gasteiger partial charge is 0.385 e. The maximum atomic E-state index is 11.2. The van der Waals surface area contributed by atoms with Gasteiger partial charge in [-0.1, -0.05) is 18.2 Å². The van der Waals surface area contributed by atoms with Gasteiger partial charge in [0.25, 0.3) is 0 Å². The minimum atomic E-state index is -3.50. The highest BCUT2D eigenvalue weighted by Gasteiger charge is 2.07. The summed E-state index contributed by atoms with van der Waals surface area (Å²) in [6.07, 6.45) is 4.04. The van der Waals surface area contributed by atoms with Crippen LogP contribution in [0.25, 0.3) is 10.9 Å². The van der Waals surface area contributed by atoms with Gasteiger partial charge in [0.2, 0.25) is 0 Å². The molecule has 0 aliphatic rings. The van der Waals surface area contributed by atoms with Crippen LogP contribution in [0, 0.1) is 0 Å². The molecule has 0 bridgehead atoms. The number of fused-ring (bicyclic) bond motifs is 1. The number of hydrogen-bond acceptors (Lipinski definition) is 4. The van der Waals surface area contributed by atoms with E-state index in [0.29, 0.717) is 5.75 Å². The number of rotatable bonds is 7. The molecule has 5 nitrogen and oxygen atoms in total. The van der Waals surface area contributed by atoms with Crippen molar-refractivity contribution in [3.05, 3.63) is 60.8 Å².